The first-order valence-electron chi connectivity index (χ1n) is 20.1. The zero-order valence-electron chi connectivity index (χ0n) is 32.5. The van der Waals surface area contributed by atoms with E-state index in [9.17, 15) is 34.5 Å². The van der Waals surface area contributed by atoms with Gasteiger partial charge < -0.3 is 29.7 Å². The van der Waals surface area contributed by atoms with E-state index in [0.29, 0.717) is 32.6 Å². The fourth-order valence-corrected chi connectivity index (χ4v) is 6.17. The second kappa shape index (κ2) is 30.4. The second-order valence-electron chi connectivity index (χ2n) is 14.7. The second-order valence-corrected chi connectivity index (χ2v) is 14.7. The minimum Gasteiger partial charge on any atom is -0.480 e. The van der Waals surface area contributed by atoms with Gasteiger partial charge in [0, 0.05) is 6.54 Å². The summed E-state index contributed by atoms with van der Waals surface area (Å²) in [5, 5.41) is 28.0. The van der Waals surface area contributed by atoms with Gasteiger partial charge in [0.1, 0.15) is 0 Å². The van der Waals surface area contributed by atoms with Crippen LogP contribution in [0, 0.1) is 10.8 Å². The van der Waals surface area contributed by atoms with Gasteiger partial charge in [-0.1, -0.05) is 129 Å². The lowest BCUT2D eigenvalue weighted by molar-refractivity contribution is -0.172. The van der Waals surface area contributed by atoms with Crippen molar-refractivity contribution in [3.63, 3.8) is 0 Å². The standard InChI is InChI=1S/C40H75NO9/c1-5-7-9-11-19-25-33-49-37(47)40(4,38(48)50-34-26-20-12-10-8-6-2)28-22-16-18-24-30-41(31-32-42)29-23-17-14-13-15-21-27-39(3,35(43)44)36(45)46/h42H,5-34H2,1-4H3,(H,43,44)(H,45,46). The lowest BCUT2D eigenvalue weighted by Gasteiger charge is -2.25. The van der Waals surface area contributed by atoms with Crippen molar-refractivity contribution in [1.29, 1.82) is 0 Å². The highest BCUT2D eigenvalue weighted by atomic mass is 16.6. The first-order valence-corrected chi connectivity index (χ1v) is 20.1. The third kappa shape index (κ3) is 21.9. The van der Waals surface area contributed by atoms with Crippen LogP contribution < -0.4 is 0 Å². The van der Waals surface area contributed by atoms with Crippen molar-refractivity contribution in [2.75, 3.05) is 39.5 Å². The predicted molar refractivity (Wildman–Crippen MR) is 199 cm³/mol. The summed E-state index contributed by atoms with van der Waals surface area (Å²) in [6.45, 7) is 10.5. The molecule has 0 aromatic carbocycles. The van der Waals surface area contributed by atoms with Gasteiger partial charge in [0.2, 0.25) is 0 Å². The van der Waals surface area contributed by atoms with Crippen LogP contribution in [0.1, 0.15) is 182 Å². The summed E-state index contributed by atoms with van der Waals surface area (Å²) >= 11 is 0. The topological polar surface area (TPSA) is 151 Å². The van der Waals surface area contributed by atoms with Gasteiger partial charge >= 0.3 is 23.9 Å². The van der Waals surface area contributed by atoms with E-state index in [1.165, 1.54) is 45.4 Å². The highest BCUT2D eigenvalue weighted by Crippen LogP contribution is 2.29. The number of aliphatic hydroxyl groups excluding tert-OH is 1. The highest BCUT2D eigenvalue weighted by Gasteiger charge is 2.44. The van der Waals surface area contributed by atoms with E-state index >= 15 is 0 Å². The highest BCUT2D eigenvalue weighted by molar-refractivity contribution is 5.99. The lowest BCUT2D eigenvalue weighted by atomic mass is 9.84. The minimum absolute atomic E-state index is 0.103. The molecule has 294 valence electrons. The van der Waals surface area contributed by atoms with Gasteiger partial charge in [-0.2, -0.15) is 0 Å². The molecule has 0 fully saturated rings. The van der Waals surface area contributed by atoms with Gasteiger partial charge in [-0.05, 0) is 65.5 Å². The molecule has 0 bridgehead atoms. The minimum atomic E-state index is -1.72. The lowest BCUT2D eigenvalue weighted by Crippen LogP contribution is -2.39. The van der Waals surface area contributed by atoms with Crippen molar-refractivity contribution in [3.8, 4) is 0 Å². The molecule has 0 atom stereocenters. The molecule has 0 rings (SSSR count). The summed E-state index contributed by atoms with van der Waals surface area (Å²) in [6.07, 6.45) is 22.6. The van der Waals surface area contributed by atoms with Crippen LogP contribution in [-0.4, -0.2) is 83.6 Å². The number of aliphatic carboxylic acids is 2. The Hall–Kier alpha value is -2.20. The van der Waals surface area contributed by atoms with Gasteiger partial charge in [0.05, 0.1) is 19.8 Å². The third-order valence-corrected chi connectivity index (χ3v) is 10.0. The monoisotopic (exact) mass is 714 g/mol. The normalized spacial score (nSPS) is 12.0. The number of rotatable bonds is 36. The number of hydrogen-bond donors (Lipinski definition) is 3. The molecular weight excluding hydrogens is 638 g/mol. The molecule has 0 amide bonds. The molecule has 3 N–H and O–H groups in total. The zero-order valence-corrected chi connectivity index (χ0v) is 32.5. The quantitative estimate of drug-likeness (QED) is 0.0326. The molecule has 10 heteroatoms. The summed E-state index contributed by atoms with van der Waals surface area (Å²) < 4.78 is 11.3. The average Bonchev–Trinajstić information content (AvgIpc) is 3.09. The molecule has 0 unspecified atom stereocenters. The van der Waals surface area contributed by atoms with Crippen molar-refractivity contribution in [2.45, 2.75) is 182 Å². The maximum absolute atomic E-state index is 13.2. The molecule has 0 saturated carbocycles. The number of nitrogens with zero attached hydrogens (tertiary/aromatic N) is 1. The van der Waals surface area contributed by atoms with Crippen LogP contribution >= 0.6 is 0 Å². The number of unbranched alkanes of at least 4 members (excludes halogenated alkanes) is 18. The van der Waals surface area contributed by atoms with Crippen LogP contribution in [0.2, 0.25) is 0 Å². The number of carbonyl (C=O) groups excluding carboxylic acids is 2. The molecule has 0 saturated heterocycles. The Morgan fingerprint density at radius 1 is 0.480 bits per heavy atom. The number of hydrogen-bond acceptors (Lipinski definition) is 8. The van der Waals surface area contributed by atoms with Gasteiger partial charge in [0.15, 0.2) is 10.8 Å². The predicted octanol–water partition coefficient (Wildman–Crippen LogP) is 8.95. The number of esters is 2. The molecular formula is C40H75NO9. The van der Waals surface area contributed by atoms with E-state index < -0.39 is 34.7 Å². The Morgan fingerprint density at radius 2 is 0.820 bits per heavy atom. The smallest absolute Gasteiger partial charge is 0.323 e. The van der Waals surface area contributed by atoms with Gasteiger partial charge in [-0.15, -0.1) is 0 Å². The SMILES string of the molecule is CCCCCCCCOC(=O)C(C)(CCCCCCN(CCO)CCCCCCCCC(C)(C(=O)O)C(=O)O)C(=O)OCCCCCCCC. The summed E-state index contributed by atoms with van der Waals surface area (Å²) in [7, 11) is 0. The summed E-state index contributed by atoms with van der Waals surface area (Å²) in [6, 6.07) is 0. The number of aliphatic hydroxyl groups is 1. The van der Waals surface area contributed by atoms with Crippen molar-refractivity contribution >= 4 is 23.9 Å². The molecule has 0 heterocycles. The molecule has 0 radical (unpaired) electrons. The zero-order chi connectivity index (χ0) is 37.5. The van der Waals surface area contributed by atoms with Crippen LogP contribution in [0.3, 0.4) is 0 Å². The molecule has 0 spiro atoms. The Bertz CT molecular complexity index is 850. The third-order valence-electron chi connectivity index (χ3n) is 10.0. The van der Waals surface area contributed by atoms with Crippen LogP contribution in [0.4, 0.5) is 0 Å². The van der Waals surface area contributed by atoms with Gasteiger partial charge in [-0.25, -0.2) is 0 Å². The maximum atomic E-state index is 13.2. The van der Waals surface area contributed by atoms with Gasteiger partial charge in [0.25, 0.3) is 0 Å². The fraction of sp³-hybridized carbons (Fsp3) is 0.900. The fourth-order valence-electron chi connectivity index (χ4n) is 6.17. The molecule has 50 heavy (non-hydrogen) atoms. The van der Waals surface area contributed by atoms with E-state index in [4.69, 9.17) is 9.47 Å². The largest absolute Gasteiger partial charge is 0.480 e. The van der Waals surface area contributed by atoms with E-state index in [-0.39, 0.29) is 13.0 Å². The Morgan fingerprint density at radius 3 is 1.20 bits per heavy atom. The summed E-state index contributed by atoms with van der Waals surface area (Å²) in [5.41, 5.74) is -3.01. The Balaban J connectivity index is 4.59. The maximum Gasteiger partial charge on any atom is 0.323 e. The van der Waals surface area contributed by atoms with Crippen LogP contribution in [0.25, 0.3) is 0 Å². The summed E-state index contributed by atoms with van der Waals surface area (Å²) in [5.74, 6) is -3.51. The van der Waals surface area contributed by atoms with Crippen LogP contribution in [-0.2, 0) is 28.7 Å². The van der Waals surface area contributed by atoms with Crippen molar-refractivity contribution in [1.82, 2.24) is 4.90 Å². The van der Waals surface area contributed by atoms with Crippen LogP contribution in [0.15, 0.2) is 0 Å². The van der Waals surface area contributed by atoms with Crippen molar-refractivity contribution in [3.05, 3.63) is 0 Å². The molecule has 0 aromatic rings. The average molecular weight is 714 g/mol. The Labute approximate surface area is 304 Å². The molecule has 0 aliphatic heterocycles. The number of ether oxygens (including phenoxy) is 2. The van der Waals surface area contributed by atoms with E-state index in [1.807, 2.05) is 0 Å². The van der Waals surface area contributed by atoms with Gasteiger partial charge in [-0.3, -0.25) is 19.2 Å². The van der Waals surface area contributed by atoms with Crippen molar-refractivity contribution < 1.29 is 44.0 Å². The number of carboxylic acids is 2. The van der Waals surface area contributed by atoms with E-state index in [2.05, 4.69) is 18.7 Å². The van der Waals surface area contributed by atoms with Crippen molar-refractivity contribution in [2.24, 2.45) is 10.8 Å². The number of carboxylic acid groups (broad SMARTS) is 2. The van der Waals surface area contributed by atoms with E-state index in [1.54, 1.807) is 6.92 Å². The summed E-state index contributed by atoms with van der Waals surface area (Å²) in [4.78, 5) is 51.3. The Kier molecular flexibility index (Phi) is 29.1. The first-order chi connectivity index (χ1) is 24.0. The molecule has 0 aliphatic carbocycles. The number of carbonyl (C=O) groups is 4. The van der Waals surface area contributed by atoms with Crippen LogP contribution in [0.5, 0.6) is 0 Å². The molecule has 0 aromatic heterocycles. The van der Waals surface area contributed by atoms with E-state index in [0.717, 1.165) is 109 Å². The molecule has 10 nitrogen and oxygen atoms in total. The molecule has 0 aliphatic rings. The first kappa shape index (κ1) is 47.8.